The summed E-state index contributed by atoms with van der Waals surface area (Å²) in [6.45, 7) is 4.55. The maximum absolute atomic E-state index is 12.4. The molecule has 4 rings (SSSR count). The number of hydrogen-bond donors (Lipinski definition) is 1. The monoisotopic (exact) mass is 337 g/mol. The summed E-state index contributed by atoms with van der Waals surface area (Å²) in [5.74, 6) is 0.798. The number of anilines is 2. The molecule has 1 aromatic carbocycles. The van der Waals surface area contributed by atoms with E-state index in [2.05, 4.69) is 51.5 Å². The van der Waals surface area contributed by atoms with Crippen molar-refractivity contribution in [3.8, 4) is 0 Å². The Morgan fingerprint density at radius 2 is 1.84 bits per heavy atom. The van der Waals surface area contributed by atoms with Gasteiger partial charge in [0.15, 0.2) is 0 Å². The second-order valence-corrected chi connectivity index (χ2v) is 6.67. The van der Waals surface area contributed by atoms with Gasteiger partial charge >= 0.3 is 0 Å². The molecule has 0 radical (unpaired) electrons. The molecule has 1 N–H and O–H groups in total. The minimum atomic E-state index is -0.0922. The number of fused-ring (bicyclic) bond motifs is 1. The first-order valence-corrected chi connectivity index (χ1v) is 8.77. The van der Waals surface area contributed by atoms with Crippen molar-refractivity contribution in [1.82, 2.24) is 20.3 Å². The Balaban J connectivity index is 1.43. The highest BCUT2D eigenvalue weighted by Crippen LogP contribution is 2.32. The maximum atomic E-state index is 12.4. The van der Waals surface area contributed by atoms with Crippen molar-refractivity contribution in [2.24, 2.45) is 0 Å². The molecule has 1 fully saturated rings. The molecule has 0 spiro atoms. The zero-order valence-electron chi connectivity index (χ0n) is 14.5. The van der Waals surface area contributed by atoms with Crippen molar-refractivity contribution < 1.29 is 4.79 Å². The second-order valence-electron chi connectivity index (χ2n) is 6.67. The molecule has 3 heterocycles. The SMILES string of the molecule is CN1CCN(NC(=O)c2ccc(N3CCc4ccccc43)nc2)CC1. The fourth-order valence-electron chi connectivity index (χ4n) is 3.38. The molecule has 0 bridgehead atoms. The Bertz CT molecular complexity index is 753. The van der Waals surface area contributed by atoms with Crippen LogP contribution in [0.3, 0.4) is 0 Å². The number of nitrogens with one attached hydrogen (secondary N) is 1. The highest BCUT2D eigenvalue weighted by Gasteiger charge is 2.21. The van der Waals surface area contributed by atoms with Crippen LogP contribution in [0.4, 0.5) is 11.5 Å². The molecule has 2 aliphatic heterocycles. The van der Waals surface area contributed by atoms with E-state index in [-0.39, 0.29) is 5.91 Å². The van der Waals surface area contributed by atoms with E-state index in [1.807, 2.05) is 17.1 Å². The van der Waals surface area contributed by atoms with Gasteiger partial charge in [0.05, 0.1) is 5.56 Å². The number of hydrazine groups is 1. The van der Waals surface area contributed by atoms with Crippen LogP contribution in [0, 0.1) is 0 Å². The van der Waals surface area contributed by atoms with Gasteiger partial charge in [0.2, 0.25) is 0 Å². The van der Waals surface area contributed by atoms with Crippen LogP contribution in [-0.4, -0.2) is 60.6 Å². The first kappa shape index (κ1) is 16.1. The number of hydrogen-bond acceptors (Lipinski definition) is 5. The molecule has 0 aliphatic carbocycles. The molecule has 2 aliphatic rings. The number of para-hydroxylation sites is 1. The van der Waals surface area contributed by atoms with Gasteiger partial charge in [0.1, 0.15) is 5.82 Å². The summed E-state index contributed by atoms with van der Waals surface area (Å²) in [6.07, 6.45) is 2.70. The van der Waals surface area contributed by atoms with Crippen molar-refractivity contribution in [2.45, 2.75) is 6.42 Å². The predicted molar refractivity (Wildman–Crippen MR) is 97.9 cm³/mol. The number of likely N-dealkylation sites (N-methyl/N-ethyl adjacent to an activating group) is 1. The zero-order valence-corrected chi connectivity index (χ0v) is 14.5. The normalized spacial score (nSPS) is 18.2. The third kappa shape index (κ3) is 3.36. The number of nitrogens with zero attached hydrogens (tertiary/aromatic N) is 4. The smallest absolute Gasteiger partial charge is 0.267 e. The highest BCUT2D eigenvalue weighted by atomic mass is 16.2. The fraction of sp³-hybridized carbons (Fsp3) is 0.368. The zero-order chi connectivity index (χ0) is 17.2. The van der Waals surface area contributed by atoms with Crippen molar-refractivity contribution in [3.63, 3.8) is 0 Å². The van der Waals surface area contributed by atoms with Crippen LogP contribution in [0.15, 0.2) is 42.6 Å². The van der Waals surface area contributed by atoms with E-state index < -0.39 is 0 Å². The van der Waals surface area contributed by atoms with E-state index in [0.717, 1.165) is 45.0 Å². The molecule has 0 saturated carbocycles. The van der Waals surface area contributed by atoms with Gasteiger partial charge in [-0.3, -0.25) is 10.2 Å². The van der Waals surface area contributed by atoms with Gasteiger partial charge in [-0.25, -0.2) is 9.99 Å². The quantitative estimate of drug-likeness (QED) is 0.923. The Morgan fingerprint density at radius 1 is 1.04 bits per heavy atom. The summed E-state index contributed by atoms with van der Waals surface area (Å²) < 4.78 is 0. The fourth-order valence-corrected chi connectivity index (χ4v) is 3.38. The largest absolute Gasteiger partial charge is 0.326 e. The summed E-state index contributed by atoms with van der Waals surface area (Å²) >= 11 is 0. The van der Waals surface area contributed by atoms with Gasteiger partial charge in [0, 0.05) is 44.6 Å². The molecule has 1 amide bonds. The first-order chi connectivity index (χ1) is 12.2. The van der Waals surface area contributed by atoms with Gasteiger partial charge < -0.3 is 9.80 Å². The molecule has 1 aromatic heterocycles. The van der Waals surface area contributed by atoms with Crippen LogP contribution in [0.2, 0.25) is 0 Å². The minimum Gasteiger partial charge on any atom is -0.326 e. The standard InChI is InChI=1S/C19H23N5O/c1-22-10-12-23(13-11-22)21-19(25)16-6-7-18(20-14-16)24-9-8-15-4-2-3-5-17(15)24/h2-7,14H,8-13H2,1H3,(H,21,25). The number of carbonyl (C=O) groups is 1. The maximum Gasteiger partial charge on any atom is 0.267 e. The van der Waals surface area contributed by atoms with Crippen LogP contribution in [0.5, 0.6) is 0 Å². The molecule has 6 heteroatoms. The Kier molecular flexibility index (Phi) is 4.38. The van der Waals surface area contributed by atoms with Crippen LogP contribution in [0.25, 0.3) is 0 Å². The Labute approximate surface area is 148 Å². The van der Waals surface area contributed by atoms with Crippen molar-refractivity contribution in [1.29, 1.82) is 0 Å². The Morgan fingerprint density at radius 3 is 2.60 bits per heavy atom. The van der Waals surface area contributed by atoms with E-state index in [0.29, 0.717) is 5.56 Å². The number of aromatic nitrogens is 1. The number of amides is 1. The first-order valence-electron chi connectivity index (χ1n) is 8.77. The molecule has 1 saturated heterocycles. The van der Waals surface area contributed by atoms with E-state index in [9.17, 15) is 4.79 Å². The average molecular weight is 337 g/mol. The lowest BCUT2D eigenvalue weighted by Gasteiger charge is -2.32. The summed E-state index contributed by atoms with van der Waals surface area (Å²) in [4.78, 5) is 21.4. The van der Waals surface area contributed by atoms with Crippen LogP contribution in [-0.2, 0) is 6.42 Å². The summed E-state index contributed by atoms with van der Waals surface area (Å²) in [5, 5.41) is 1.98. The van der Waals surface area contributed by atoms with Crippen molar-refractivity contribution in [3.05, 3.63) is 53.7 Å². The van der Waals surface area contributed by atoms with E-state index in [1.165, 1.54) is 11.3 Å². The molecule has 2 aromatic rings. The van der Waals surface area contributed by atoms with Crippen LogP contribution < -0.4 is 10.3 Å². The summed E-state index contributed by atoms with van der Waals surface area (Å²) in [7, 11) is 2.10. The average Bonchev–Trinajstić information content (AvgIpc) is 3.08. The molecule has 25 heavy (non-hydrogen) atoms. The lowest BCUT2D eigenvalue weighted by Crippen LogP contribution is -2.52. The lowest BCUT2D eigenvalue weighted by molar-refractivity contribution is 0.0662. The predicted octanol–water partition coefficient (Wildman–Crippen LogP) is 1.67. The van der Waals surface area contributed by atoms with Crippen LogP contribution >= 0.6 is 0 Å². The van der Waals surface area contributed by atoms with E-state index in [4.69, 9.17) is 0 Å². The topological polar surface area (TPSA) is 51.7 Å². The lowest BCUT2D eigenvalue weighted by atomic mass is 10.2. The number of piperazine rings is 1. The van der Waals surface area contributed by atoms with Crippen LogP contribution in [0.1, 0.15) is 15.9 Å². The molecular formula is C19H23N5O. The number of rotatable bonds is 3. The molecular weight excluding hydrogens is 314 g/mol. The third-order valence-electron chi connectivity index (χ3n) is 4.94. The highest BCUT2D eigenvalue weighted by molar-refractivity contribution is 5.93. The Hall–Kier alpha value is -2.44. The van der Waals surface area contributed by atoms with Gasteiger partial charge in [-0.2, -0.15) is 0 Å². The molecule has 130 valence electrons. The number of carbonyl (C=O) groups excluding carboxylic acids is 1. The van der Waals surface area contributed by atoms with Gasteiger partial charge in [-0.15, -0.1) is 0 Å². The van der Waals surface area contributed by atoms with E-state index in [1.54, 1.807) is 6.20 Å². The van der Waals surface area contributed by atoms with Crippen molar-refractivity contribution >= 4 is 17.4 Å². The van der Waals surface area contributed by atoms with E-state index >= 15 is 0 Å². The van der Waals surface area contributed by atoms with Crippen molar-refractivity contribution in [2.75, 3.05) is 44.7 Å². The summed E-state index contributed by atoms with van der Waals surface area (Å²) in [5.41, 5.74) is 6.13. The molecule has 0 unspecified atom stereocenters. The molecule has 6 nitrogen and oxygen atoms in total. The second kappa shape index (κ2) is 6.82. The third-order valence-corrected chi connectivity index (χ3v) is 4.94. The van der Waals surface area contributed by atoms with Gasteiger partial charge in [0.25, 0.3) is 5.91 Å². The minimum absolute atomic E-state index is 0.0922. The number of benzene rings is 1. The molecule has 0 atom stereocenters. The summed E-state index contributed by atoms with van der Waals surface area (Å²) in [6, 6.07) is 12.2. The van der Waals surface area contributed by atoms with Gasteiger partial charge in [-0.1, -0.05) is 18.2 Å². The van der Waals surface area contributed by atoms with Gasteiger partial charge in [-0.05, 0) is 37.2 Å². The number of pyridine rings is 1.